The van der Waals surface area contributed by atoms with Gasteiger partial charge in [-0.05, 0) is 61.3 Å². The van der Waals surface area contributed by atoms with Gasteiger partial charge >= 0.3 is 0 Å². The summed E-state index contributed by atoms with van der Waals surface area (Å²) in [6, 6.07) is 8.19. The van der Waals surface area contributed by atoms with Crippen LogP contribution in [0.5, 0.6) is 0 Å². The zero-order valence-electron chi connectivity index (χ0n) is 10.4. The number of nitrogens with one attached hydrogen (secondary N) is 1. The summed E-state index contributed by atoms with van der Waals surface area (Å²) in [5.74, 6) is 3.03. The smallest absolute Gasteiger partial charge is 0.0314 e. The van der Waals surface area contributed by atoms with Gasteiger partial charge in [0.05, 0.1) is 0 Å². The fourth-order valence-corrected chi connectivity index (χ4v) is 3.66. The molecule has 0 spiro atoms. The lowest BCUT2D eigenvalue weighted by Crippen LogP contribution is -2.26. The summed E-state index contributed by atoms with van der Waals surface area (Å²) in [6.45, 7) is 2.18. The molecule has 17 heavy (non-hydrogen) atoms. The molecule has 3 N–H and O–H groups in total. The van der Waals surface area contributed by atoms with Crippen molar-refractivity contribution in [3.8, 4) is 0 Å². The van der Waals surface area contributed by atoms with Gasteiger partial charge in [0.25, 0.3) is 0 Å². The molecule has 0 saturated heterocycles. The SMILES string of the molecule is Nc1ccc(CNC[C@H]2CC3CCC2C3)cc1. The Hall–Kier alpha value is -1.02. The van der Waals surface area contributed by atoms with Crippen molar-refractivity contribution in [1.29, 1.82) is 0 Å². The first-order valence-corrected chi connectivity index (χ1v) is 6.86. The second kappa shape index (κ2) is 4.69. The van der Waals surface area contributed by atoms with Gasteiger partial charge in [-0.25, -0.2) is 0 Å². The minimum atomic E-state index is 0.849. The van der Waals surface area contributed by atoms with Gasteiger partial charge in [-0.2, -0.15) is 0 Å². The van der Waals surface area contributed by atoms with Gasteiger partial charge in [0.1, 0.15) is 0 Å². The summed E-state index contributed by atoms with van der Waals surface area (Å²) in [4.78, 5) is 0. The van der Waals surface area contributed by atoms with Crippen molar-refractivity contribution in [2.45, 2.75) is 32.2 Å². The Morgan fingerprint density at radius 3 is 2.59 bits per heavy atom. The predicted octanol–water partition coefficient (Wildman–Crippen LogP) is 2.79. The highest BCUT2D eigenvalue weighted by molar-refractivity contribution is 5.39. The molecule has 0 aliphatic heterocycles. The summed E-state index contributed by atoms with van der Waals surface area (Å²) in [7, 11) is 0. The Kier molecular flexibility index (Phi) is 3.06. The molecule has 2 fully saturated rings. The van der Waals surface area contributed by atoms with Crippen molar-refractivity contribution in [3.63, 3.8) is 0 Å². The molecule has 2 aliphatic carbocycles. The van der Waals surface area contributed by atoms with Crippen molar-refractivity contribution in [2.75, 3.05) is 12.3 Å². The van der Waals surface area contributed by atoms with Crippen LogP contribution >= 0.6 is 0 Å². The molecule has 3 atom stereocenters. The first-order valence-electron chi connectivity index (χ1n) is 6.86. The standard InChI is InChI=1S/C15H22N2/c16-15-5-2-11(3-6-15)9-17-10-14-8-12-1-4-13(14)7-12/h2-3,5-6,12-14,17H,1,4,7-10,16H2/t12?,13?,14-/m1/s1. The Balaban J connectivity index is 1.45. The molecule has 1 aromatic carbocycles. The quantitative estimate of drug-likeness (QED) is 0.781. The highest BCUT2D eigenvalue weighted by Gasteiger charge is 2.38. The summed E-state index contributed by atoms with van der Waals surface area (Å²) in [6.07, 6.45) is 5.96. The van der Waals surface area contributed by atoms with Gasteiger partial charge < -0.3 is 11.1 Å². The van der Waals surface area contributed by atoms with Crippen LogP contribution in [-0.2, 0) is 6.54 Å². The van der Waals surface area contributed by atoms with Gasteiger partial charge in [0, 0.05) is 12.2 Å². The van der Waals surface area contributed by atoms with Crippen LogP contribution in [0.4, 0.5) is 5.69 Å². The second-order valence-corrected chi connectivity index (χ2v) is 5.81. The maximum Gasteiger partial charge on any atom is 0.0314 e. The molecule has 2 unspecified atom stereocenters. The first-order chi connectivity index (χ1) is 8.31. The number of nitrogens with two attached hydrogens (primary N) is 1. The van der Waals surface area contributed by atoms with E-state index in [1.807, 2.05) is 12.1 Å². The van der Waals surface area contributed by atoms with E-state index in [1.54, 1.807) is 0 Å². The van der Waals surface area contributed by atoms with Crippen LogP contribution in [0.25, 0.3) is 0 Å². The Bertz CT molecular complexity index is 371. The van der Waals surface area contributed by atoms with Crippen molar-refractivity contribution in [3.05, 3.63) is 29.8 Å². The van der Waals surface area contributed by atoms with E-state index in [4.69, 9.17) is 5.73 Å². The Labute approximate surface area is 104 Å². The van der Waals surface area contributed by atoms with Crippen LogP contribution < -0.4 is 11.1 Å². The van der Waals surface area contributed by atoms with E-state index < -0.39 is 0 Å². The first kappa shape index (κ1) is 11.1. The van der Waals surface area contributed by atoms with E-state index >= 15 is 0 Å². The molecule has 3 rings (SSSR count). The lowest BCUT2D eigenvalue weighted by molar-refractivity contribution is 0.318. The predicted molar refractivity (Wildman–Crippen MR) is 71.5 cm³/mol. The van der Waals surface area contributed by atoms with Crippen LogP contribution in [0.15, 0.2) is 24.3 Å². The molecule has 2 heteroatoms. The fourth-order valence-electron chi connectivity index (χ4n) is 3.66. The van der Waals surface area contributed by atoms with Gasteiger partial charge in [-0.15, -0.1) is 0 Å². The van der Waals surface area contributed by atoms with E-state index in [9.17, 15) is 0 Å². The molecule has 2 saturated carbocycles. The molecule has 1 aromatic rings. The second-order valence-electron chi connectivity index (χ2n) is 5.81. The van der Waals surface area contributed by atoms with Crippen LogP contribution in [0, 0.1) is 17.8 Å². The third-order valence-corrected chi connectivity index (χ3v) is 4.60. The molecule has 92 valence electrons. The molecule has 0 aromatic heterocycles. The van der Waals surface area contributed by atoms with Crippen molar-refractivity contribution in [1.82, 2.24) is 5.32 Å². The minimum Gasteiger partial charge on any atom is -0.399 e. The number of benzene rings is 1. The highest BCUT2D eigenvalue weighted by Crippen LogP contribution is 2.47. The van der Waals surface area contributed by atoms with E-state index in [-0.39, 0.29) is 0 Å². The highest BCUT2D eigenvalue weighted by atomic mass is 14.9. The largest absolute Gasteiger partial charge is 0.399 e. The number of hydrogen-bond donors (Lipinski definition) is 2. The van der Waals surface area contributed by atoms with Gasteiger partial charge in [-0.3, -0.25) is 0 Å². The normalized spacial score (nSPS) is 30.9. The molecule has 2 aliphatic rings. The van der Waals surface area contributed by atoms with Crippen molar-refractivity contribution in [2.24, 2.45) is 17.8 Å². The van der Waals surface area contributed by atoms with Crippen LogP contribution in [0.3, 0.4) is 0 Å². The van der Waals surface area contributed by atoms with E-state index in [0.717, 1.165) is 30.0 Å². The van der Waals surface area contributed by atoms with Crippen LogP contribution in [0.2, 0.25) is 0 Å². The average molecular weight is 230 g/mol. The van der Waals surface area contributed by atoms with Crippen molar-refractivity contribution >= 4 is 5.69 Å². The molecule has 0 amide bonds. The Morgan fingerprint density at radius 2 is 1.94 bits per heavy atom. The monoisotopic (exact) mass is 230 g/mol. The summed E-state index contributed by atoms with van der Waals surface area (Å²) < 4.78 is 0. The fraction of sp³-hybridized carbons (Fsp3) is 0.600. The zero-order valence-corrected chi connectivity index (χ0v) is 10.4. The summed E-state index contributed by atoms with van der Waals surface area (Å²) in [5.41, 5.74) is 7.86. The average Bonchev–Trinajstić information content (AvgIpc) is 2.94. The Morgan fingerprint density at radius 1 is 1.12 bits per heavy atom. The van der Waals surface area contributed by atoms with Gasteiger partial charge in [-0.1, -0.05) is 18.6 Å². The maximum absolute atomic E-state index is 5.68. The van der Waals surface area contributed by atoms with E-state index in [2.05, 4.69) is 17.4 Å². The minimum absolute atomic E-state index is 0.849. The number of anilines is 1. The number of fused-ring (bicyclic) bond motifs is 2. The number of hydrogen-bond acceptors (Lipinski definition) is 2. The third kappa shape index (κ3) is 2.47. The molecule has 2 nitrogen and oxygen atoms in total. The van der Waals surface area contributed by atoms with E-state index in [0.29, 0.717) is 0 Å². The van der Waals surface area contributed by atoms with Gasteiger partial charge in [0.2, 0.25) is 0 Å². The molecular formula is C15H22N2. The lowest BCUT2D eigenvalue weighted by atomic mass is 9.89. The summed E-state index contributed by atoms with van der Waals surface area (Å²) >= 11 is 0. The van der Waals surface area contributed by atoms with Crippen molar-refractivity contribution < 1.29 is 0 Å². The molecule has 0 radical (unpaired) electrons. The third-order valence-electron chi connectivity index (χ3n) is 4.60. The molecule has 2 bridgehead atoms. The topological polar surface area (TPSA) is 38.0 Å². The van der Waals surface area contributed by atoms with Crippen LogP contribution in [0.1, 0.15) is 31.2 Å². The molecule has 0 heterocycles. The molecular weight excluding hydrogens is 208 g/mol. The lowest BCUT2D eigenvalue weighted by Gasteiger charge is -2.21. The number of nitrogen functional groups attached to an aromatic ring is 1. The number of rotatable bonds is 4. The van der Waals surface area contributed by atoms with E-state index in [1.165, 1.54) is 37.8 Å². The van der Waals surface area contributed by atoms with Crippen LogP contribution in [-0.4, -0.2) is 6.54 Å². The zero-order chi connectivity index (χ0) is 11.7. The maximum atomic E-state index is 5.68. The van der Waals surface area contributed by atoms with Gasteiger partial charge in [0.15, 0.2) is 0 Å². The summed E-state index contributed by atoms with van der Waals surface area (Å²) in [5, 5.41) is 3.61.